The van der Waals surface area contributed by atoms with Crippen molar-refractivity contribution in [3.8, 4) is 17.1 Å². The molecular weight excluding hydrogens is 308 g/mol. The number of aromatic nitrogens is 2. The Labute approximate surface area is 145 Å². The van der Waals surface area contributed by atoms with E-state index in [-0.39, 0.29) is 18.1 Å². The van der Waals surface area contributed by atoms with E-state index < -0.39 is 0 Å². The van der Waals surface area contributed by atoms with Crippen molar-refractivity contribution in [3.63, 3.8) is 0 Å². The quantitative estimate of drug-likeness (QED) is 0.532. The van der Waals surface area contributed by atoms with Crippen molar-refractivity contribution in [1.29, 1.82) is 0 Å². The first-order chi connectivity index (χ1) is 12.4. The Kier molecular flexibility index (Phi) is 2.46. The van der Waals surface area contributed by atoms with Gasteiger partial charge in [0.2, 0.25) is 5.69 Å². The molecule has 2 aliphatic rings. The fourth-order valence-electron chi connectivity index (χ4n) is 4.58. The number of pyridine rings is 1. The molecule has 1 fully saturated rings. The molecule has 3 nitrogen and oxygen atoms in total. The van der Waals surface area contributed by atoms with Crippen LogP contribution in [-0.2, 0) is 0 Å². The van der Waals surface area contributed by atoms with Gasteiger partial charge in [-0.15, -0.1) is 0 Å². The minimum atomic E-state index is -0.303. The molecule has 3 heterocycles. The predicted molar refractivity (Wildman–Crippen MR) is 96.7 cm³/mol. The second-order valence-electron chi connectivity index (χ2n) is 6.95. The van der Waals surface area contributed by atoms with Crippen LogP contribution >= 0.6 is 0 Å². The molecule has 3 atom stereocenters. The zero-order valence-electron chi connectivity index (χ0n) is 13.6. The summed E-state index contributed by atoms with van der Waals surface area (Å²) in [4.78, 5) is 0. The average Bonchev–Trinajstić information content (AvgIpc) is 3.22. The number of aliphatic hydroxyl groups excluding tert-OH is 1. The number of hydrogen-bond donors (Lipinski definition) is 1. The Balaban J connectivity index is 1.81. The van der Waals surface area contributed by atoms with Crippen LogP contribution in [0.25, 0.3) is 28.0 Å². The molecule has 0 saturated heterocycles. The topological polar surface area (TPSA) is 29.0 Å². The van der Waals surface area contributed by atoms with E-state index in [1.54, 1.807) is 0 Å². The maximum absolute atomic E-state index is 10.6. The molecule has 6 rings (SSSR count). The van der Waals surface area contributed by atoms with E-state index in [2.05, 4.69) is 76.0 Å². The molecule has 4 aromatic rings. The van der Waals surface area contributed by atoms with Crippen molar-refractivity contribution < 1.29 is 9.67 Å². The van der Waals surface area contributed by atoms with Crippen LogP contribution in [0.3, 0.4) is 0 Å². The van der Waals surface area contributed by atoms with Crippen LogP contribution in [0.5, 0.6) is 0 Å². The first kappa shape index (κ1) is 13.4. The predicted octanol–water partition coefficient (Wildman–Crippen LogP) is 3.60. The van der Waals surface area contributed by atoms with Crippen LogP contribution in [-0.4, -0.2) is 15.8 Å². The molecule has 25 heavy (non-hydrogen) atoms. The fraction of sp³-hybridized carbons (Fsp3) is 0.136. The highest BCUT2D eigenvalue weighted by atomic mass is 16.3. The molecule has 3 unspecified atom stereocenters. The molecule has 120 valence electrons. The number of fused-ring (bicyclic) bond motifs is 8. The minimum Gasteiger partial charge on any atom is -0.385 e. The van der Waals surface area contributed by atoms with E-state index in [9.17, 15) is 5.11 Å². The van der Waals surface area contributed by atoms with Gasteiger partial charge in [-0.25, -0.2) is 0 Å². The number of benzene rings is 2. The Morgan fingerprint density at radius 2 is 1.60 bits per heavy atom. The molecule has 0 radical (unpaired) electrons. The maximum atomic E-state index is 10.6. The second-order valence-corrected chi connectivity index (χ2v) is 6.95. The van der Waals surface area contributed by atoms with E-state index in [1.807, 2.05) is 12.1 Å². The van der Waals surface area contributed by atoms with Gasteiger partial charge in [-0.05, 0) is 24.3 Å². The average molecular weight is 325 g/mol. The molecule has 1 aliphatic carbocycles. The van der Waals surface area contributed by atoms with Gasteiger partial charge in [-0.1, -0.05) is 36.4 Å². The van der Waals surface area contributed by atoms with E-state index in [0.717, 1.165) is 5.69 Å². The van der Waals surface area contributed by atoms with Crippen molar-refractivity contribution in [1.82, 2.24) is 4.57 Å². The molecule has 0 spiro atoms. The molecule has 2 aromatic carbocycles. The highest BCUT2D eigenvalue weighted by Gasteiger charge is 2.63. The van der Waals surface area contributed by atoms with Crippen molar-refractivity contribution in [2.45, 2.75) is 18.1 Å². The van der Waals surface area contributed by atoms with E-state index >= 15 is 0 Å². The van der Waals surface area contributed by atoms with Crippen LogP contribution in [0.15, 0.2) is 79.0 Å². The second kappa shape index (κ2) is 4.58. The lowest BCUT2D eigenvalue weighted by Crippen LogP contribution is -2.38. The molecule has 1 saturated carbocycles. The zero-order chi connectivity index (χ0) is 16.5. The van der Waals surface area contributed by atoms with Crippen molar-refractivity contribution >= 4 is 10.9 Å². The largest absolute Gasteiger partial charge is 0.385 e. The molecule has 3 heteroatoms. The Bertz CT molecular complexity index is 1130. The Hall–Kier alpha value is -2.91. The summed E-state index contributed by atoms with van der Waals surface area (Å²) >= 11 is 0. The molecule has 0 amide bonds. The lowest BCUT2D eigenvalue weighted by molar-refractivity contribution is -0.695. The van der Waals surface area contributed by atoms with Gasteiger partial charge < -0.3 is 9.67 Å². The van der Waals surface area contributed by atoms with Gasteiger partial charge in [0, 0.05) is 28.8 Å². The van der Waals surface area contributed by atoms with Crippen LogP contribution in [0.2, 0.25) is 0 Å². The molecule has 2 aromatic heterocycles. The molecule has 1 N–H and O–H groups in total. The standard InChI is InChI=1S/C22H17N2O/c25-22-19-18-15-10-4-5-11-16(15)24(14-8-2-1-3-9-14)20(18)17-12-6-7-13-23(17)21(19)22/h1-13,19,21-22,25H/q+1. The third kappa shape index (κ3) is 1.61. The third-order valence-electron chi connectivity index (χ3n) is 5.66. The van der Waals surface area contributed by atoms with E-state index in [0.29, 0.717) is 0 Å². The summed E-state index contributed by atoms with van der Waals surface area (Å²) in [5, 5.41) is 11.9. The number of aliphatic hydroxyl groups is 1. The summed E-state index contributed by atoms with van der Waals surface area (Å²) in [6, 6.07) is 25.5. The van der Waals surface area contributed by atoms with Gasteiger partial charge in [0.25, 0.3) is 0 Å². The van der Waals surface area contributed by atoms with Crippen LogP contribution in [0.4, 0.5) is 0 Å². The van der Waals surface area contributed by atoms with Gasteiger partial charge >= 0.3 is 0 Å². The first-order valence-corrected chi connectivity index (χ1v) is 8.73. The number of para-hydroxylation sites is 2. The van der Waals surface area contributed by atoms with Crippen molar-refractivity contribution in [2.24, 2.45) is 0 Å². The summed E-state index contributed by atoms with van der Waals surface area (Å²) < 4.78 is 4.59. The van der Waals surface area contributed by atoms with Gasteiger partial charge in [0.15, 0.2) is 12.2 Å². The fourth-order valence-corrected chi connectivity index (χ4v) is 4.58. The van der Waals surface area contributed by atoms with Crippen LogP contribution in [0.1, 0.15) is 17.5 Å². The van der Waals surface area contributed by atoms with Crippen molar-refractivity contribution in [2.75, 3.05) is 0 Å². The highest BCUT2D eigenvalue weighted by Crippen LogP contribution is 2.57. The van der Waals surface area contributed by atoms with Crippen LogP contribution in [0, 0.1) is 0 Å². The van der Waals surface area contributed by atoms with Gasteiger partial charge in [0.1, 0.15) is 11.8 Å². The maximum Gasteiger partial charge on any atom is 0.230 e. The monoisotopic (exact) mass is 325 g/mol. The van der Waals surface area contributed by atoms with Gasteiger partial charge in [0.05, 0.1) is 11.4 Å². The number of rotatable bonds is 1. The lowest BCUT2D eigenvalue weighted by Gasteiger charge is -2.14. The zero-order valence-corrected chi connectivity index (χ0v) is 13.6. The molecule has 1 aliphatic heterocycles. The van der Waals surface area contributed by atoms with Gasteiger partial charge in [-0.3, -0.25) is 0 Å². The first-order valence-electron chi connectivity index (χ1n) is 8.73. The number of nitrogens with zero attached hydrogens (tertiary/aromatic N) is 2. The SMILES string of the molecule is OC1C2c3c(n(-c4ccccc4)c4ccccc34)-c3cccc[n+]3C12. The molecule has 0 bridgehead atoms. The van der Waals surface area contributed by atoms with E-state index in [1.165, 1.54) is 27.9 Å². The molecular formula is C22H17N2O+. The normalized spacial score (nSPS) is 23.0. The van der Waals surface area contributed by atoms with Gasteiger partial charge in [-0.2, -0.15) is 4.57 Å². The van der Waals surface area contributed by atoms with Crippen LogP contribution < -0.4 is 4.57 Å². The number of hydrogen-bond acceptors (Lipinski definition) is 1. The summed E-state index contributed by atoms with van der Waals surface area (Å²) in [6.45, 7) is 0. The summed E-state index contributed by atoms with van der Waals surface area (Å²) in [5.74, 6) is 0.185. The Morgan fingerprint density at radius 1 is 0.840 bits per heavy atom. The smallest absolute Gasteiger partial charge is 0.230 e. The lowest BCUT2D eigenvalue weighted by atomic mass is 10.0. The third-order valence-corrected chi connectivity index (χ3v) is 5.66. The summed E-state index contributed by atoms with van der Waals surface area (Å²) in [7, 11) is 0. The van der Waals surface area contributed by atoms with E-state index in [4.69, 9.17) is 0 Å². The minimum absolute atomic E-state index is 0.165. The highest BCUT2D eigenvalue weighted by molar-refractivity contribution is 5.94. The summed E-state index contributed by atoms with van der Waals surface area (Å²) in [6.07, 6.45) is 1.79. The van der Waals surface area contributed by atoms with Crippen molar-refractivity contribution in [3.05, 3.63) is 84.6 Å². The summed E-state index contributed by atoms with van der Waals surface area (Å²) in [5.41, 5.74) is 6.04. The Morgan fingerprint density at radius 3 is 2.48 bits per heavy atom.